The molecule has 1 unspecified atom stereocenters. The number of nitrogens with one attached hydrogen (secondary N) is 1. The van der Waals surface area contributed by atoms with Gasteiger partial charge in [0.05, 0.1) is 0 Å². The summed E-state index contributed by atoms with van der Waals surface area (Å²) in [6.45, 7) is 1.65. The Bertz CT molecular complexity index is 471. The van der Waals surface area contributed by atoms with Crippen LogP contribution in [0.3, 0.4) is 0 Å². The fourth-order valence-electron chi connectivity index (χ4n) is 3.13. The first-order valence-corrected chi connectivity index (χ1v) is 7.37. The summed E-state index contributed by atoms with van der Waals surface area (Å²) in [4.78, 5) is 18.7. The number of hydrogen-bond acceptors (Lipinski definition) is 4. The van der Waals surface area contributed by atoms with Crippen molar-refractivity contribution in [2.45, 2.75) is 43.7 Å². The molecule has 2 aliphatic rings. The van der Waals surface area contributed by atoms with Crippen molar-refractivity contribution in [1.29, 1.82) is 0 Å². The average Bonchev–Trinajstić information content (AvgIpc) is 3.10. The third kappa shape index (κ3) is 2.63. The molecular formula is C15H21N3O2. The largest absolute Gasteiger partial charge is 0.380 e. The Morgan fingerprint density at radius 3 is 2.90 bits per heavy atom. The molecule has 3 rings (SSSR count). The van der Waals surface area contributed by atoms with Crippen molar-refractivity contribution in [2.24, 2.45) is 0 Å². The Balaban J connectivity index is 1.57. The normalized spacial score (nSPS) is 24.9. The highest BCUT2D eigenvalue weighted by Crippen LogP contribution is 2.30. The molecule has 2 N–H and O–H groups in total. The molecule has 1 amide bonds. The number of carbonyl (C=O) groups is 1. The van der Waals surface area contributed by atoms with Crippen LogP contribution in [0.5, 0.6) is 0 Å². The van der Waals surface area contributed by atoms with Gasteiger partial charge in [0.15, 0.2) is 0 Å². The second-order valence-corrected chi connectivity index (χ2v) is 5.83. The predicted octanol–water partition coefficient (Wildman–Crippen LogP) is 1.08. The maximum atomic E-state index is 12.2. The first-order chi connectivity index (χ1) is 9.67. The van der Waals surface area contributed by atoms with Crippen LogP contribution >= 0.6 is 0 Å². The molecule has 108 valence electrons. The molecule has 1 aromatic heterocycles. The number of aromatic nitrogens is 1. The predicted molar refractivity (Wildman–Crippen MR) is 76.4 cm³/mol. The number of rotatable bonds is 3. The van der Waals surface area contributed by atoms with Gasteiger partial charge in [-0.25, -0.2) is 4.98 Å². The molecule has 2 fully saturated rings. The van der Waals surface area contributed by atoms with Crippen LogP contribution < -0.4 is 10.2 Å². The van der Waals surface area contributed by atoms with Gasteiger partial charge >= 0.3 is 0 Å². The zero-order valence-electron chi connectivity index (χ0n) is 11.6. The van der Waals surface area contributed by atoms with E-state index in [0.717, 1.165) is 38.2 Å². The highest BCUT2D eigenvalue weighted by atomic mass is 16.3. The van der Waals surface area contributed by atoms with Gasteiger partial charge in [-0.3, -0.25) is 4.79 Å². The SMILES string of the molecule is O=C(NC1CCN(c2ccccn2)C1)C1(O)CCCC1. The van der Waals surface area contributed by atoms with E-state index >= 15 is 0 Å². The van der Waals surface area contributed by atoms with Gasteiger partial charge in [0.2, 0.25) is 0 Å². The smallest absolute Gasteiger partial charge is 0.252 e. The van der Waals surface area contributed by atoms with E-state index in [2.05, 4.69) is 15.2 Å². The highest BCUT2D eigenvalue weighted by molar-refractivity contribution is 5.85. The van der Waals surface area contributed by atoms with E-state index in [1.165, 1.54) is 0 Å². The van der Waals surface area contributed by atoms with Gasteiger partial charge in [-0.2, -0.15) is 0 Å². The maximum Gasteiger partial charge on any atom is 0.252 e. The Morgan fingerprint density at radius 2 is 2.20 bits per heavy atom. The summed E-state index contributed by atoms with van der Waals surface area (Å²) in [7, 11) is 0. The lowest BCUT2D eigenvalue weighted by Gasteiger charge is -2.24. The van der Waals surface area contributed by atoms with E-state index in [1.54, 1.807) is 6.20 Å². The van der Waals surface area contributed by atoms with Gasteiger partial charge in [0.1, 0.15) is 11.4 Å². The van der Waals surface area contributed by atoms with Crippen molar-refractivity contribution >= 4 is 11.7 Å². The molecule has 1 saturated carbocycles. The molecule has 1 aliphatic heterocycles. The molecule has 1 atom stereocenters. The fourth-order valence-corrected chi connectivity index (χ4v) is 3.13. The summed E-state index contributed by atoms with van der Waals surface area (Å²) >= 11 is 0. The summed E-state index contributed by atoms with van der Waals surface area (Å²) in [5, 5.41) is 13.3. The fraction of sp³-hybridized carbons (Fsp3) is 0.600. The summed E-state index contributed by atoms with van der Waals surface area (Å²) in [5.74, 6) is 0.756. The maximum absolute atomic E-state index is 12.2. The van der Waals surface area contributed by atoms with Crippen LogP contribution in [0.25, 0.3) is 0 Å². The van der Waals surface area contributed by atoms with Crippen molar-refractivity contribution in [3.05, 3.63) is 24.4 Å². The number of anilines is 1. The summed E-state index contributed by atoms with van der Waals surface area (Å²) in [5.41, 5.74) is -1.13. The molecule has 0 spiro atoms. The average molecular weight is 275 g/mol. The second kappa shape index (κ2) is 5.40. The van der Waals surface area contributed by atoms with Gasteiger partial charge in [-0.05, 0) is 44.2 Å². The van der Waals surface area contributed by atoms with Crippen LogP contribution in [0.4, 0.5) is 5.82 Å². The van der Waals surface area contributed by atoms with Crippen LogP contribution in [0.15, 0.2) is 24.4 Å². The lowest BCUT2D eigenvalue weighted by molar-refractivity contribution is -0.139. The van der Waals surface area contributed by atoms with Gasteiger partial charge < -0.3 is 15.3 Å². The molecule has 1 aromatic rings. The van der Waals surface area contributed by atoms with E-state index in [9.17, 15) is 9.90 Å². The molecular weight excluding hydrogens is 254 g/mol. The van der Waals surface area contributed by atoms with Gasteiger partial charge in [-0.15, -0.1) is 0 Å². The monoisotopic (exact) mass is 275 g/mol. The zero-order chi connectivity index (χ0) is 14.0. The van der Waals surface area contributed by atoms with Crippen molar-refractivity contribution < 1.29 is 9.90 Å². The summed E-state index contributed by atoms with van der Waals surface area (Å²) in [6, 6.07) is 5.95. The molecule has 0 aromatic carbocycles. The zero-order valence-corrected chi connectivity index (χ0v) is 11.6. The topological polar surface area (TPSA) is 65.5 Å². The minimum atomic E-state index is -1.13. The summed E-state index contributed by atoms with van der Waals surface area (Å²) in [6.07, 6.45) is 5.75. The highest BCUT2D eigenvalue weighted by Gasteiger charge is 2.40. The van der Waals surface area contributed by atoms with Crippen LogP contribution in [-0.4, -0.2) is 40.7 Å². The quantitative estimate of drug-likeness (QED) is 0.866. The number of carbonyl (C=O) groups excluding carboxylic acids is 1. The molecule has 0 bridgehead atoms. The van der Waals surface area contributed by atoms with Crippen LogP contribution in [0.1, 0.15) is 32.1 Å². The van der Waals surface area contributed by atoms with Crippen molar-refractivity contribution in [3.8, 4) is 0 Å². The first-order valence-electron chi connectivity index (χ1n) is 7.37. The van der Waals surface area contributed by atoms with Crippen LogP contribution in [0.2, 0.25) is 0 Å². The van der Waals surface area contributed by atoms with Crippen molar-refractivity contribution in [3.63, 3.8) is 0 Å². The number of aliphatic hydroxyl groups is 1. The number of hydrogen-bond donors (Lipinski definition) is 2. The number of pyridine rings is 1. The van der Waals surface area contributed by atoms with Gasteiger partial charge in [0, 0.05) is 25.3 Å². The first kappa shape index (κ1) is 13.4. The van der Waals surface area contributed by atoms with E-state index < -0.39 is 5.60 Å². The molecule has 5 heteroatoms. The Hall–Kier alpha value is -1.62. The van der Waals surface area contributed by atoms with E-state index in [-0.39, 0.29) is 11.9 Å². The third-order valence-electron chi connectivity index (χ3n) is 4.35. The Kier molecular flexibility index (Phi) is 3.61. The third-order valence-corrected chi connectivity index (χ3v) is 4.35. The van der Waals surface area contributed by atoms with Crippen LogP contribution in [0, 0.1) is 0 Å². The molecule has 2 heterocycles. The van der Waals surface area contributed by atoms with E-state index in [0.29, 0.717) is 12.8 Å². The van der Waals surface area contributed by atoms with E-state index in [1.807, 2.05) is 18.2 Å². The Morgan fingerprint density at radius 1 is 1.40 bits per heavy atom. The van der Waals surface area contributed by atoms with Crippen molar-refractivity contribution in [1.82, 2.24) is 10.3 Å². The Labute approximate surface area is 119 Å². The van der Waals surface area contributed by atoms with Crippen LogP contribution in [-0.2, 0) is 4.79 Å². The standard InChI is InChI=1S/C15H21N3O2/c19-14(15(20)7-2-3-8-15)17-12-6-10-18(11-12)13-5-1-4-9-16-13/h1,4-5,9,12,20H,2-3,6-8,10-11H2,(H,17,19). The van der Waals surface area contributed by atoms with Crippen molar-refractivity contribution in [2.75, 3.05) is 18.0 Å². The van der Waals surface area contributed by atoms with Gasteiger partial charge in [-0.1, -0.05) is 6.07 Å². The number of nitrogens with zero attached hydrogens (tertiary/aromatic N) is 2. The molecule has 0 radical (unpaired) electrons. The lowest BCUT2D eigenvalue weighted by Crippen LogP contribution is -2.49. The minimum absolute atomic E-state index is 0.106. The molecule has 1 saturated heterocycles. The van der Waals surface area contributed by atoms with Gasteiger partial charge in [0.25, 0.3) is 5.91 Å². The lowest BCUT2D eigenvalue weighted by atomic mass is 10.0. The summed E-state index contributed by atoms with van der Waals surface area (Å²) < 4.78 is 0. The molecule has 5 nitrogen and oxygen atoms in total. The minimum Gasteiger partial charge on any atom is -0.380 e. The van der Waals surface area contributed by atoms with E-state index in [4.69, 9.17) is 0 Å². The second-order valence-electron chi connectivity index (χ2n) is 5.83. The molecule has 20 heavy (non-hydrogen) atoms. The molecule has 1 aliphatic carbocycles. The number of amides is 1.